The van der Waals surface area contributed by atoms with E-state index in [1.165, 1.54) is 5.56 Å². The third-order valence-electron chi connectivity index (χ3n) is 5.52. The highest BCUT2D eigenvalue weighted by atomic mass is 16.5. The van der Waals surface area contributed by atoms with Gasteiger partial charge < -0.3 is 14.1 Å². The number of benzene rings is 1. The number of nitrogens with zero attached hydrogens (tertiary/aromatic N) is 2. The Labute approximate surface area is 192 Å². The standard InChI is InChI=1S/C26H38N2O4/c1-6-31-26(30)22(5)27(16-14-20(2)3)19-25(29)28(18-24-13-12-21(4)32-24)17-15-23-10-8-7-9-11-23/h7-13,20,22H,6,14-19H2,1-5H3. The van der Waals surface area contributed by atoms with Crippen molar-refractivity contribution >= 4 is 11.9 Å². The van der Waals surface area contributed by atoms with Crippen LogP contribution in [0, 0.1) is 12.8 Å². The average Bonchev–Trinajstić information content (AvgIpc) is 3.18. The van der Waals surface area contributed by atoms with Crippen LogP contribution in [0.25, 0.3) is 0 Å². The lowest BCUT2D eigenvalue weighted by atomic mass is 10.1. The molecule has 0 radical (unpaired) electrons. The zero-order valence-electron chi connectivity index (χ0n) is 20.2. The van der Waals surface area contributed by atoms with E-state index in [4.69, 9.17) is 9.15 Å². The van der Waals surface area contributed by atoms with Gasteiger partial charge in [-0.15, -0.1) is 0 Å². The molecule has 1 atom stereocenters. The van der Waals surface area contributed by atoms with Crippen LogP contribution in [0.4, 0.5) is 0 Å². The normalized spacial score (nSPS) is 12.2. The van der Waals surface area contributed by atoms with Crippen molar-refractivity contribution < 1.29 is 18.7 Å². The van der Waals surface area contributed by atoms with E-state index in [9.17, 15) is 9.59 Å². The summed E-state index contributed by atoms with van der Waals surface area (Å²) in [6.45, 7) is 11.9. The third-order valence-corrected chi connectivity index (χ3v) is 5.52. The molecule has 6 nitrogen and oxygen atoms in total. The maximum Gasteiger partial charge on any atom is 0.323 e. The second-order valence-corrected chi connectivity index (χ2v) is 8.64. The molecule has 2 aromatic rings. The number of rotatable bonds is 13. The SMILES string of the molecule is CCOC(=O)C(C)N(CCC(C)C)CC(=O)N(CCc1ccccc1)Cc1ccc(C)o1. The smallest absolute Gasteiger partial charge is 0.323 e. The summed E-state index contributed by atoms with van der Waals surface area (Å²) in [7, 11) is 0. The molecular formula is C26H38N2O4. The minimum atomic E-state index is -0.473. The first kappa shape index (κ1) is 25.7. The van der Waals surface area contributed by atoms with Gasteiger partial charge in [0.2, 0.25) is 5.91 Å². The number of carbonyl (C=O) groups is 2. The van der Waals surface area contributed by atoms with E-state index in [1.54, 1.807) is 6.92 Å². The van der Waals surface area contributed by atoms with E-state index in [1.807, 2.05) is 54.0 Å². The molecule has 0 spiro atoms. The molecule has 1 amide bonds. The molecule has 0 aliphatic rings. The van der Waals surface area contributed by atoms with Gasteiger partial charge in [-0.1, -0.05) is 44.2 Å². The van der Waals surface area contributed by atoms with Gasteiger partial charge in [-0.05, 0) is 63.8 Å². The molecular weight excluding hydrogens is 404 g/mol. The molecule has 1 unspecified atom stereocenters. The van der Waals surface area contributed by atoms with Crippen LogP contribution < -0.4 is 0 Å². The summed E-state index contributed by atoms with van der Waals surface area (Å²) >= 11 is 0. The summed E-state index contributed by atoms with van der Waals surface area (Å²) in [5, 5.41) is 0. The Balaban J connectivity index is 2.14. The van der Waals surface area contributed by atoms with Crippen LogP contribution in [0.2, 0.25) is 0 Å². The fourth-order valence-electron chi connectivity index (χ4n) is 3.48. The Hall–Kier alpha value is -2.60. The van der Waals surface area contributed by atoms with E-state index in [0.717, 1.165) is 24.4 Å². The lowest BCUT2D eigenvalue weighted by Gasteiger charge is -2.30. The fourth-order valence-corrected chi connectivity index (χ4v) is 3.48. The topological polar surface area (TPSA) is 63.0 Å². The molecule has 6 heteroatoms. The Morgan fingerprint density at radius 1 is 1.03 bits per heavy atom. The Morgan fingerprint density at radius 3 is 2.34 bits per heavy atom. The van der Waals surface area contributed by atoms with Gasteiger partial charge in [0, 0.05) is 6.54 Å². The van der Waals surface area contributed by atoms with E-state index in [-0.39, 0.29) is 18.4 Å². The van der Waals surface area contributed by atoms with Gasteiger partial charge >= 0.3 is 5.97 Å². The van der Waals surface area contributed by atoms with Gasteiger partial charge in [0.05, 0.1) is 19.7 Å². The number of hydrogen-bond donors (Lipinski definition) is 0. The Bertz CT molecular complexity index is 831. The van der Waals surface area contributed by atoms with E-state index in [2.05, 4.69) is 26.0 Å². The molecule has 1 aromatic carbocycles. The highest BCUT2D eigenvalue weighted by Gasteiger charge is 2.27. The summed E-state index contributed by atoms with van der Waals surface area (Å²) in [5.74, 6) is 1.75. The van der Waals surface area contributed by atoms with Crippen molar-refractivity contribution in [1.82, 2.24) is 9.80 Å². The Kier molecular flexibility index (Phi) is 10.5. The summed E-state index contributed by atoms with van der Waals surface area (Å²) in [6.07, 6.45) is 1.66. The first-order valence-corrected chi connectivity index (χ1v) is 11.6. The van der Waals surface area contributed by atoms with E-state index >= 15 is 0 Å². The average molecular weight is 443 g/mol. The van der Waals surface area contributed by atoms with Crippen molar-refractivity contribution in [3.8, 4) is 0 Å². The molecule has 0 saturated heterocycles. The molecule has 1 heterocycles. The van der Waals surface area contributed by atoms with Gasteiger partial charge in [0.25, 0.3) is 0 Å². The molecule has 2 rings (SSSR count). The summed E-state index contributed by atoms with van der Waals surface area (Å²) in [6, 6.07) is 13.5. The number of hydrogen-bond acceptors (Lipinski definition) is 5. The lowest BCUT2D eigenvalue weighted by Crippen LogP contribution is -2.47. The fraction of sp³-hybridized carbons (Fsp3) is 0.538. The molecule has 0 aliphatic carbocycles. The lowest BCUT2D eigenvalue weighted by molar-refractivity contribution is -0.150. The second-order valence-electron chi connectivity index (χ2n) is 8.64. The predicted octanol–water partition coefficient (Wildman–Crippen LogP) is 4.46. The second kappa shape index (κ2) is 13.1. The summed E-state index contributed by atoms with van der Waals surface area (Å²) in [5.41, 5.74) is 1.18. The van der Waals surface area contributed by atoms with Crippen molar-refractivity contribution in [2.45, 2.75) is 60.0 Å². The van der Waals surface area contributed by atoms with Crippen LogP contribution in [-0.4, -0.2) is 54.0 Å². The molecule has 0 saturated carbocycles. The molecule has 0 N–H and O–H groups in total. The highest BCUT2D eigenvalue weighted by Crippen LogP contribution is 2.14. The zero-order chi connectivity index (χ0) is 23.5. The minimum Gasteiger partial charge on any atom is -0.465 e. The monoisotopic (exact) mass is 442 g/mol. The van der Waals surface area contributed by atoms with Gasteiger partial charge in [-0.3, -0.25) is 14.5 Å². The number of furan rings is 1. The van der Waals surface area contributed by atoms with Crippen LogP contribution in [0.5, 0.6) is 0 Å². The largest absolute Gasteiger partial charge is 0.465 e. The van der Waals surface area contributed by atoms with Gasteiger partial charge in [0.1, 0.15) is 17.6 Å². The van der Waals surface area contributed by atoms with Gasteiger partial charge in [-0.2, -0.15) is 0 Å². The molecule has 1 aromatic heterocycles. The summed E-state index contributed by atoms with van der Waals surface area (Å²) in [4.78, 5) is 29.5. The predicted molar refractivity (Wildman–Crippen MR) is 126 cm³/mol. The number of ether oxygens (including phenoxy) is 1. The quantitative estimate of drug-likeness (QED) is 0.429. The number of esters is 1. The van der Waals surface area contributed by atoms with Gasteiger partial charge in [0.15, 0.2) is 0 Å². The molecule has 176 valence electrons. The summed E-state index contributed by atoms with van der Waals surface area (Å²) < 4.78 is 11.0. The first-order valence-electron chi connectivity index (χ1n) is 11.6. The number of carbonyl (C=O) groups excluding carboxylic acids is 2. The molecule has 0 fully saturated rings. The molecule has 0 aliphatic heterocycles. The van der Waals surface area contributed by atoms with E-state index < -0.39 is 6.04 Å². The third kappa shape index (κ3) is 8.50. The molecule has 0 bridgehead atoms. The number of aryl methyl sites for hydroxylation is 1. The maximum atomic E-state index is 13.4. The minimum absolute atomic E-state index is 0.0186. The Morgan fingerprint density at radius 2 is 1.75 bits per heavy atom. The van der Waals surface area contributed by atoms with Crippen molar-refractivity contribution in [3.05, 3.63) is 59.5 Å². The number of amides is 1. The van der Waals surface area contributed by atoms with Crippen LogP contribution >= 0.6 is 0 Å². The van der Waals surface area contributed by atoms with Crippen LogP contribution in [0.1, 0.15) is 51.2 Å². The van der Waals surface area contributed by atoms with Crippen molar-refractivity contribution in [2.75, 3.05) is 26.2 Å². The van der Waals surface area contributed by atoms with Crippen LogP contribution in [0.3, 0.4) is 0 Å². The highest BCUT2D eigenvalue weighted by molar-refractivity contribution is 5.80. The molecule has 32 heavy (non-hydrogen) atoms. The maximum absolute atomic E-state index is 13.4. The van der Waals surface area contributed by atoms with Gasteiger partial charge in [-0.25, -0.2) is 0 Å². The van der Waals surface area contributed by atoms with E-state index in [0.29, 0.717) is 32.2 Å². The zero-order valence-corrected chi connectivity index (χ0v) is 20.2. The van der Waals surface area contributed by atoms with Crippen molar-refractivity contribution in [1.29, 1.82) is 0 Å². The van der Waals surface area contributed by atoms with Crippen molar-refractivity contribution in [2.24, 2.45) is 5.92 Å². The van der Waals surface area contributed by atoms with Crippen molar-refractivity contribution in [3.63, 3.8) is 0 Å². The first-order chi connectivity index (χ1) is 15.3. The van der Waals surface area contributed by atoms with Crippen LogP contribution in [0.15, 0.2) is 46.9 Å². The van der Waals surface area contributed by atoms with Crippen LogP contribution in [-0.2, 0) is 27.3 Å².